The predicted octanol–water partition coefficient (Wildman–Crippen LogP) is 3.73. The number of carbonyl (C=O) groups is 1. The molecule has 0 aliphatic rings. The van der Waals surface area contributed by atoms with Crippen molar-refractivity contribution < 1.29 is 9.53 Å². The summed E-state index contributed by atoms with van der Waals surface area (Å²) in [5.41, 5.74) is 1.98. The molecule has 0 saturated heterocycles. The Kier molecular flexibility index (Phi) is 4.76. The molecule has 3 heteroatoms. The van der Waals surface area contributed by atoms with Gasteiger partial charge >= 0.3 is 0 Å². The fourth-order valence-electron chi connectivity index (χ4n) is 1.62. The van der Waals surface area contributed by atoms with Gasteiger partial charge in [-0.1, -0.05) is 33.8 Å². The second kappa shape index (κ2) is 5.89. The summed E-state index contributed by atoms with van der Waals surface area (Å²) in [6.07, 6.45) is 0.945. The van der Waals surface area contributed by atoms with Crippen LogP contribution in [0.5, 0.6) is 5.75 Å². The monoisotopic (exact) mass is 249 g/mol. The topological polar surface area (TPSA) is 38.3 Å². The number of benzene rings is 1. The molecular weight excluding hydrogens is 226 g/mol. The Morgan fingerprint density at radius 1 is 1.33 bits per heavy atom. The van der Waals surface area contributed by atoms with Gasteiger partial charge in [-0.3, -0.25) is 4.79 Å². The van der Waals surface area contributed by atoms with E-state index in [2.05, 4.69) is 39.1 Å². The molecule has 0 spiro atoms. The van der Waals surface area contributed by atoms with Gasteiger partial charge in [-0.25, -0.2) is 0 Å². The number of rotatable bonds is 4. The second-order valence-electron chi connectivity index (χ2n) is 5.49. The van der Waals surface area contributed by atoms with Crippen molar-refractivity contribution in [2.75, 3.05) is 11.9 Å². The summed E-state index contributed by atoms with van der Waals surface area (Å²) in [6, 6.07) is 5.98. The maximum atomic E-state index is 11.2. The summed E-state index contributed by atoms with van der Waals surface area (Å²) in [5, 5.41) is 2.83. The van der Waals surface area contributed by atoms with Crippen molar-refractivity contribution in [3.05, 3.63) is 23.8 Å². The molecule has 3 nitrogen and oxygen atoms in total. The maximum absolute atomic E-state index is 11.2. The van der Waals surface area contributed by atoms with E-state index in [0.717, 1.165) is 17.9 Å². The van der Waals surface area contributed by atoms with Crippen LogP contribution in [0.15, 0.2) is 18.2 Å². The third-order valence-corrected chi connectivity index (χ3v) is 2.62. The number of anilines is 1. The molecule has 1 aromatic carbocycles. The first-order valence-corrected chi connectivity index (χ1v) is 6.39. The highest BCUT2D eigenvalue weighted by Crippen LogP contribution is 2.31. The summed E-state index contributed by atoms with van der Waals surface area (Å²) >= 11 is 0. The largest absolute Gasteiger partial charge is 0.491 e. The lowest BCUT2D eigenvalue weighted by Crippen LogP contribution is -2.14. The van der Waals surface area contributed by atoms with Crippen molar-refractivity contribution in [3.8, 4) is 5.75 Å². The van der Waals surface area contributed by atoms with E-state index >= 15 is 0 Å². The van der Waals surface area contributed by atoms with E-state index < -0.39 is 0 Å². The molecule has 0 fully saturated rings. The van der Waals surface area contributed by atoms with Crippen LogP contribution in [0.25, 0.3) is 0 Å². The van der Waals surface area contributed by atoms with Crippen molar-refractivity contribution in [3.63, 3.8) is 0 Å². The van der Waals surface area contributed by atoms with E-state index in [1.54, 1.807) is 0 Å². The van der Waals surface area contributed by atoms with Crippen LogP contribution in [0.2, 0.25) is 0 Å². The van der Waals surface area contributed by atoms with Crippen LogP contribution in [0, 0.1) is 0 Å². The van der Waals surface area contributed by atoms with Gasteiger partial charge < -0.3 is 10.1 Å². The molecule has 0 saturated carbocycles. The van der Waals surface area contributed by atoms with Crippen molar-refractivity contribution in [1.29, 1.82) is 0 Å². The fourth-order valence-corrected chi connectivity index (χ4v) is 1.62. The normalized spacial score (nSPS) is 11.2. The van der Waals surface area contributed by atoms with Crippen LogP contribution < -0.4 is 10.1 Å². The fraction of sp³-hybridized carbons (Fsp3) is 0.533. The summed E-state index contributed by atoms with van der Waals surface area (Å²) in [5.74, 6) is 0.655. The SMILES string of the molecule is CCCOc1ccc(C(C)(C)C)cc1NC(C)=O. The van der Waals surface area contributed by atoms with Crippen molar-refractivity contribution >= 4 is 11.6 Å². The number of amides is 1. The Labute approximate surface area is 110 Å². The van der Waals surface area contributed by atoms with Gasteiger partial charge in [-0.15, -0.1) is 0 Å². The summed E-state index contributed by atoms with van der Waals surface area (Å²) in [6.45, 7) is 10.7. The van der Waals surface area contributed by atoms with Gasteiger partial charge in [0.05, 0.1) is 12.3 Å². The summed E-state index contributed by atoms with van der Waals surface area (Å²) in [4.78, 5) is 11.2. The zero-order valence-electron chi connectivity index (χ0n) is 12.0. The third kappa shape index (κ3) is 4.06. The number of hydrogen-bond acceptors (Lipinski definition) is 2. The Bertz CT molecular complexity index is 419. The molecule has 0 heterocycles. The molecule has 0 bridgehead atoms. The highest BCUT2D eigenvalue weighted by molar-refractivity contribution is 5.90. The zero-order chi connectivity index (χ0) is 13.8. The summed E-state index contributed by atoms with van der Waals surface area (Å²) in [7, 11) is 0. The molecule has 100 valence electrons. The second-order valence-corrected chi connectivity index (χ2v) is 5.49. The Morgan fingerprint density at radius 3 is 2.50 bits per heavy atom. The number of hydrogen-bond donors (Lipinski definition) is 1. The lowest BCUT2D eigenvalue weighted by Gasteiger charge is -2.21. The molecule has 1 rings (SSSR count). The van der Waals surface area contributed by atoms with Crippen molar-refractivity contribution in [2.24, 2.45) is 0 Å². The molecule has 0 aliphatic carbocycles. The number of carbonyl (C=O) groups excluding carboxylic acids is 1. The molecule has 0 unspecified atom stereocenters. The molecule has 1 amide bonds. The van der Waals surface area contributed by atoms with Gasteiger partial charge in [0.1, 0.15) is 5.75 Å². The molecule has 0 aliphatic heterocycles. The van der Waals surface area contributed by atoms with Crippen LogP contribution in [-0.2, 0) is 10.2 Å². The van der Waals surface area contributed by atoms with Gasteiger partial charge in [0.15, 0.2) is 0 Å². The minimum atomic E-state index is -0.0811. The maximum Gasteiger partial charge on any atom is 0.221 e. The molecule has 1 N–H and O–H groups in total. The minimum absolute atomic E-state index is 0.0521. The minimum Gasteiger partial charge on any atom is -0.491 e. The van der Waals surface area contributed by atoms with Gasteiger partial charge in [-0.05, 0) is 29.5 Å². The summed E-state index contributed by atoms with van der Waals surface area (Å²) < 4.78 is 5.64. The van der Waals surface area contributed by atoms with E-state index in [0.29, 0.717) is 6.61 Å². The van der Waals surface area contributed by atoms with Crippen LogP contribution in [-0.4, -0.2) is 12.5 Å². The first kappa shape index (κ1) is 14.6. The third-order valence-electron chi connectivity index (χ3n) is 2.62. The average molecular weight is 249 g/mol. The molecule has 0 atom stereocenters. The number of ether oxygens (including phenoxy) is 1. The van der Waals surface area contributed by atoms with Crippen LogP contribution in [0.4, 0.5) is 5.69 Å². The average Bonchev–Trinajstić information content (AvgIpc) is 2.25. The smallest absolute Gasteiger partial charge is 0.221 e. The van der Waals surface area contributed by atoms with E-state index in [4.69, 9.17) is 4.74 Å². The van der Waals surface area contributed by atoms with E-state index in [1.165, 1.54) is 12.5 Å². The lowest BCUT2D eigenvalue weighted by atomic mass is 9.87. The Morgan fingerprint density at radius 2 is 2.00 bits per heavy atom. The Hall–Kier alpha value is -1.51. The molecular formula is C15H23NO2. The zero-order valence-corrected chi connectivity index (χ0v) is 12.0. The first-order chi connectivity index (χ1) is 8.34. The lowest BCUT2D eigenvalue weighted by molar-refractivity contribution is -0.114. The van der Waals surface area contributed by atoms with Gasteiger partial charge in [-0.2, -0.15) is 0 Å². The molecule has 0 radical (unpaired) electrons. The number of nitrogens with one attached hydrogen (secondary N) is 1. The molecule has 0 aromatic heterocycles. The highest BCUT2D eigenvalue weighted by Gasteiger charge is 2.16. The van der Waals surface area contributed by atoms with Crippen LogP contribution in [0.1, 0.15) is 46.6 Å². The molecule has 18 heavy (non-hydrogen) atoms. The van der Waals surface area contributed by atoms with E-state index in [-0.39, 0.29) is 11.3 Å². The molecule has 1 aromatic rings. The Balaban J connectivity index is 3.07. The van der Waals surface area contributed by atoms with Gasteiger partial charge in [0.25, 0.3) is 0 Å². The van der Waals surface area contributed by atoms with Gasteiger partial charge in [0.2, 0.25) is 5.91 Å². The van der Waals surface area contributed by atoms with Crippen LogP contribution >= 0.6 is 0 Å². The highest BCUT2D eigenvalue weighted by atomic mass is 16.5. The van der Waals surface area contributed by atoms with Crippen molar-refractivity contribution in [2.45, 2.75) is 46.5 Å². The first-order valence-electron chi connectivity index (χ1n) is 6.39. The van der Waals surface area contributed by atoms with Crippen molar-refractivity contribution in [1.82, 2.24) is 0 Å². The van der Waals surface area contributed by atoms with Gasteiger partial charge in [0, 0.05) is 6.92 Å². The quantitative estimate of drug-likeness (QED) is 0.883. The standard InChI is InChI=1S/C15H23NO2/c1-6-9-18-14-8-7-12(15(3,4)5)10-13(14)16-11(2)17/h7-8,10H,6,9H2,1-5H3,(H,16,17). The van der Waals surface area contributed by atoms with Crippen LogP contribution in [0.3, 0.4) is 0 Å². The predicted molar refractivity (Wildman–Crippen MR) is 75.2 cm³/mol. The van der Waals surface area contributed by atoms with E-state index in [9.17, 15) is 4.79 Å². The van der Waals surface area contributed by atoms with E-state index in [1.807, 2.05) is 12.1 Å².